The monoisotopic (exact) mass is 290 g/mol. The fraction of sp³-hybridized carbons (Fsp3) is 0.667. The van der Waals surface area contributed by atoms with Crippen LogP contribution in [0.4, 0.5) is 0 Å². The van der Waals surface area contributed by atoms with Crippen molar-refractivity contribution in [3.8, 4) is 5.75 Å². The normalized spacial score (nSPS) is 33.9. The quantitative estimate of drug-likeness (QED) is 0.840. The molecule has 1 aromatic rings. The summed E-state index contributed by atoms with van der Waals surface area (Å²) in [7, 11) is 1.70. The number of benzene rings is 1. The van der Waals surface area contributed by atoms with Gasteiger partial charge in [0.15, 0.2) is 0 Å². The molecule has 2 saturated heterocycles. The highest BCUT2D eigenvalue weighted by molar-refractivity contribution is 5.27. The third-order valence-corrected chi connectivity index (χ3v) is 5.07. The fourth-order valence-corrected chi connectivity index (χ4v) is 4.06. The number of fused-ring (bicyclic) bond motifs is 3. The maximum atomic E-state index is 6.28. The Labute approximate surface area is 127 Å². The third-order valence-electron chi connectivity index (χ3n) is 5.07. The van der Waals surface area contributed by atoms with Crippen molar-refractivity contribution in [1.82, 2.24) is 0 Å². The van der Waals surface area contributed by atoms with Crippen molar-refractivity contribution < 1.29 is 14.2 Å². The summed E-state index contributed by atoms with van der Waals surface area (Å²) in [5.41, 5.74) is 1.07. The predicted octanol–water partition coefficient (Wildman–Crippen LogP) is 3.95. The first-order chi connectivity index (χ1) is 9.92. The van der Waals surface area contributed by atoms with E-state index < -0.39 is 0 Å². The van der Waals surface area contributed by atoms with E-state index in [0.29, 0.717) is 18.6 Å². The van der Waals surface area contributed by atoms with E-state index in [1.54, 1.807) is 7.11 Å². The van der Waals surface area contributed by atoms with Gasteiger partial charge in [0.05, 0.1) is 31.0 Å². The van der Waals surface area contributed by atoms with Gasteiger partial charge in [-0.05, 0) is 51.3 Å². The topological polar surface area (TPSA) is 27.7 Å². The molecule has 0 unspecified atom stereocenters. The maximum Gasteiger partial charge on any atom is 0.119 e. The highest BCUT2D eigenvalue weighted by Crippen LogP contribution is 2.50. The molecule has 3 fully saturated rings. The summed E-state index contributed by atoms with van der Waals surface area (Å²) in [6.45, 7) is 7.28. The van der Waals surface area contributed by atoms with Gasteiger partial charge in [0, 0.05) is 12.3 Å². The van der Waals surface area contributed by atoms with Crippen LogP contribution >= 0.6 is 0 Å². The summed E-state index contributed by atoms with van der Waals surface area (Å²) in [4.78, 5) is 0. The molecule has 4 rings (SSSR count). The molecule has 3 heteroatoms. The number of hydrogen-bond acceptors (Lipinski definition) is 3. The van der Waals surface area contributed by atoms with Crippen LogP contribution in [-0.4, -0.2) is 24.4 Å². The fourth-order valence-electron chi connectivity index (χ4n) is 4.06. The second-order valence-electron chi connectivity index (χ2n) is 7.21. The van der Waals surface area contributed by atoms with Gasteiger partial charge >= 0.3 is 0 Å². The molecular weight excluding hydrogens is 264 g/mol. The first kappa shape index (κ1) is 14.9. The van der Waals surface area contributed by atoms with E-state index >= 15 is 0 Å². The van der Waals surface area contributed by atoms with Crippen molar-refractivity contribution in [2.45, 2.75) is 63.9 Å². The predicted molar refractivity (Wildman–Crippen MR) is 82.5 cm³/mol. The van der Waals surface area contributed by atoms with Crippen LogP contribution in [0, 0.1) is 5.92 Å². The summed E-state index contributed by atoms with van der Waals surface area (Å²) < 4.78 is 17.8. The zero-order valence-electron chi connectivity index (χ0n) is 13.5. The molecule has 1 aliphatic carbocycles. The standard InChI is InChI=1S/C18H26O3/c1-17(2)15-8-9-18(3,21-17)11-16(15)20-12-13-6-5-7-14(10-13)19-4/h5-7,10,15-16H,8-9,11-12H2,1-4H3/t15-,16+,18+/m1/s1. The van der Waals surface area contributed by atoms with Crippen LogP contribution < -0.4 is 4.74 Å². The molecule has 3 nitrogen and oxygen atoms in total. The van der Waals surface area contributed by atoms with E-state index in [1.807, 2.05) is 18.2 Å². The van der Waals surface area contributed by atoms with Gasteiger partial charge < -0.3 is 14.2 Å². The molecule has 2 heterocycles. The lowest BCUT2D eigenvalue weighted by atomic mass is 9.67. The van der Waals surface area contributed by atoms with Crippen molar-refractivity contribution in [3.63, 3.8) is 0 Å². The molecule has 2 aliphatic heterocycles. The van der Waals surface area contributed by atoms with Crippen LogP contribution in [0.1, 0.15) is 45.6 Å². The smallest absolute Gasteiger partial charge is 0.119 e. The molecule has 0 amide bonds. The van der Waals surface area contributed by atoms with E-state index in [1.165, 1.54) is 12.0 Å². The van der Waals surface area contributed by atoms with Gasteiger partial charge in [0.25, 0.3) is 0 Å². The minimum atomic E-state index is -0.0791. The average molecular weight is 290 g/mol. The van der Waals surface area contributed by atoms with Crippen LogP contribution in [0.5, 0.6) is 5.75 Å². The number of rotatable bonds is 4. The van der Waals surface area contributed by atoms with Gasteiger partial charge in [-0.1, -0.05) is 12.1 Å². The second-order valence-corrected chi connectivity index (χ2v) is 7.21. The molecule has 0 aromatic heterocycles. The Kier molecular flexibility index (Phi) is 3.74. The van der Waals surface area contributed by atoms with E-state index in [2.05, 4.69) is 26.8 Å². The Bertz CT molecular complexity index is 508. The summed E-state index contributed by atoms with van der Waals surface area (Å²) in [6, 6.07) is 8.11. The van der Waals surface area contributed by atoms with E-state index in [9.17, 15) is 0 Å². The van der Waals surface area contributed by atoms with Crippen LogP contribution in [0.2, 0.25) is 0 Å². The molecule has 116 valence electrons. The Morgan fingerprint density at radius 1 is 1.29 bits per heavy atom. The van der Waals surface area contributed by atoms with Crippen molar-refractivity contribution in [3.05, 3.63) is 29.8 Å². The molecule has 3 atom stereocenters. The van der Waals surface area contributed by atoms with Gasteiger partial charge in [-0.25, -0.2) is 0 Å². The van der Waals surface area contributed by atoms with Crippen molar-refractivity contribution in [2.24, 2.45) is 5.92 Å². The maximum absolute atomic E-state index is 6.28. The lowest BCUT2D eigenvalue weighted by Crippen LogP contribution is -2.60. The Hall–Kier alpha value is -1.06. The lowest BCUT2D eigenvalue weighted by molar-refractivity contribution is -0.273. The minimum absolute atomic E-state index is 0.0166. The molecule has 3 aliphatic rings. The summed E-state index contributed by atoms with van der Waals surface area (Å²) >= 11 is 0. The SMILES string of the molecule is COc1cccc(CO[C@H]2C[C@]3(C)CC[C@H]2C(C)(C)O3)c1. The van der Waals surface area contributed by atoms with Crippen molar-refractivity contribution in [2.75, 3.05) is 7.11 Å². The van der Waals surface area contributed by atoms with Gasteiger partial charge in [-0.15, -0.1) is 0 Å². The third kappa shape index (κ3) is 2.95. The van der Waals surface area contributed by atoms with Crippen LogP contribution in [0.15, 0.2) is 24.3 Å². The van der Waals surface area contributed by atoms with Gasteiger partial charge in [-0.2, -0.15) is 0 Å². The highest BCUT2D eigenvalue weighted by atomic mass is 16.5. The minimum Gasteiger partial charge on any atom is -0.497 e. The zero-order chi connectivity index (χ0) is 15.1. The molecule has 0 N–H and O–H groups in total. The molecule has 2 bridgehead atoms. The molecule has 0 spiro atoms. The number of ether oxygens (including phenoxy) is 3. The summed E-state index contributed by atoms with van der Waals surface area (Å²) in [6.07, 6.45) is 3.65. The molecule has 21 heavy (non-hydrogen) atoms. The molecular formula is C18H26O3. The van der Waals surface area contributed by atoms with Crippen molar-refractivity contribution >= 4 is 0 Å². The first-order valence-electron chi connectivity index (χ1n) is 7.87. The Morgan fingerprint density at radius 2 is 2.10 bits per heavy atom. The number of methoxy groups -OCH3 is 1. The molecule has 1 aromatic carbocycles. The molecule has 0 radical (unpaired) electrons. The first-order valence-corrected chi connectivity index (χ1v) is 7.87. The highest BCUT2D eigenvalue weighted by Gasteiger charge is 2.53. The largest absolute Gasteiger partial charge is 0.497 e. The Morgan fingerprint density at radius 3 is 2.76 bits per heavy atom. The van der Waals surface area contributed by atoms with Gasteiger partial charge in [-0.3, -0.25) is 0 Å². The van der Waals surface area contributed by atoms with Crippen LogP contribution in [0.3, 0.4) is 0 Å². The van der Waals surface area contributed by atoms with E-state index in [0.717, 1.165) is 18.6 Å². The average Bonchev–Trinajstić information content (AvgIpc) is 2.43. The lowest BCUT2D eigenvalue weighted by Gasteiger charge is -2.57. The van der Waals surface area contributed by atoms with Crippen molar-refractivity contribution in [1.29, 1.82) is 0 Å². The van der Waals surface area contributed by atoms with Gasteiger partial charge in [0.2, 0.25) is 0 Å². The Balaban J connectivity index is 1.68. The summed E-state index contributed by atoms with van der Waals surface area (Å²) in [5.74, 6) is 1.38. The van der Waals surface area contributed by atoms with Crippen LogP contribution in [-0.2, 0) is 16.1 Å². The summed E-state index contributed by atoms with van der Waals surface area (Å²) in [5, 5.41) is 0. The van der Waals surface area contributed by atoms with Crippen LogP contribution in [0.25, 0.3) is 0 Å². The van der Waals surface area contributed by atoms with Gasteiger partial charge in [0.1, 0.15) is 5.75 Å². The zero-order valence-corrected chi connectivity index (χ0v) is 13.5. The number of hydrogen-bond donors (Lipinski definition) is 0. The van der Waals surface area contributed by atoms with E-state index in [4.69, 9.17) is 14.2 Å². The molecule has 1 saturated carbocycles. The van der Waals surface area contributed by atoms with E-state index in [-0.39, 0.29) is 11.2 Å². The second kappa shape index (κ2) is 5.29.